The highest BCUT2D eigenvalue weighted by Gasteiger charge is 2.25. The van der Waals surface area contributed by atoms with Gasteiger partial charge in [0.1, 0.15) is 5.58 Å². The van der Waals surface area contributed by atoms with Gasteiger partial charge in [0.05, 0.1) is 11.2 Å². The van der Waals surface area contributed by atoms with Crippen molar-refractivity contribution < 1.29 is 18.8 Å². The van der Waals surface area contributed by atoms with Crippen LogP contribution < -0.4 is 5.32 Å². The number of fused-ring (bicyclic) bond motifs is 1. The molecule has 3 amide bonds. The van der Waals surface area contributed by atoms with E-state index < -0.39 is 5.91 Å². The molecule has 0 radical (unpaired) electrons. The zero-order valence-corrected chi connectivity index (χ0v) is 14.4. The normalized spacial score (nSPS) is 18.6. The minimum atomic E-state index is -0.391. The average molecular weight is 366 g/mol. The van der Waals surface area contributed by atoms with Crippen LogP contribution >= 0.6 is 11.8 Å². The highest BCUT2D eigenvalue weighted by molar-refractivity contribution is 8.18. The fourth-order valence-electron chi connectivity index (χ4n) is 2.78. The Balaban J connectivity index is 1.60. The molecule has 1 aromatic carbocycles. The Labute approximate surface area is 153 Å². The van der Waals surface area contributed by atoms with Crippen LogP contribution in [0.25, 0.3) is 23.1 Å². The molecule has 4 rings (SSSR count). The maximum absolute atomic E-state index is 12.1. The van der Waals surface area contributed by atoms with E-state index in [1.165, 1.54) is 6.08 Å². The summed E-state index contributed by atoms with van der Waals surface area (Å²) in [6, 6.07) is 5.47. The minimum absolute atomic E-state index is 0.0554. The number of hydrogen-bond acceptors (Lipinski definition) is 5. The third kappa shape index (κ3) is 3.21. The van der Waals surface area contributed by atoms with Gasteiger partial charge in [0, 0.05) is 30.1 Å². The quantitative estimate of drug-likeness (QED) is 0.667. The van der Waals surface area contributed by atoms with Gasteiger partial charge >= 0.3 is 0 Å². The Morgan fingerprint density at radius 2 is 2.04 bits per heavy atom. The molecule has 0 aliphatic carbocycles. The smallest absolute Gasteiger partial charge is 0.290 e. The van der Waals surface area contributed by atoms with E-state index in [9.17, 15) is 14.4 Å². The zero-order chi connectivity index (χ0) is 18.1. The second kappa shape index (κ2) is 6.68. The molecular formula is C19H14N2O4S. The van der Waals surface area contributed by atoms with Gasteiger partial charge in [-0.05, 0) is 41.6 Å². The van der Waals surface area contributed by atoms with E-state index in [0.717, 1.165) is 28.3 Å². The molecule has 2 aliphatic heterocycles. The Hall–Kier alpha value is -3.06. The lowest BCUT2D eigenvalue weighted by molar-refractivity contribution is -0.124. The number of amides is 3. The third-order valence-electron chi connectivity index (χ3n) is 4.10. The van der Waals surface area contributed by atoms with Crippen LogP contribution in [0.5, 0.6) is 0 Å². The van der Waals surface area contributed by atoms with Gasteiger partial charge in [0.2, 0.25) is 5.91 Å². The molecule has 0 spiro atoms. The van der Waals surface area contributed by atoms with Crippen LogP contribution in [0.3, 0.4) is 0 Å². The summed E-state index contributed by atoms with van der Waals surface area (Å²) < 4.78 is 5.52. The van der Waals surface area contributed by atoms with E-state index in [1.54, 1.807) is 29.4 Å². The van der Waals surface area contributed by atoms with Gasteiger partial charge in [-0.25, -0.2) is 0 Å². The second-order valence-corrected chi connectivity index (χ2v) is 6.86. The molecule has 0 saturated carbocycles. The largest absolute Gasteiger partial charge is 0.464 e. The van der Waals surface area contributed by atoms with Crippen molar-refractivity contribution in [3.05, 3.63) is 58.7 Å². The fraction of sp³-hybridized carbons (Fsp3) is 0.105. The number of hydrogen-bond donors (Lipinski definition) is 1. The lowest BCUT2D eigenvalue weighted by Gasteiger charge is -2.11. The van der Waals surface area contributed by atoms with E-state index in [2.05, 4.69) is 5.32 Å². The first kappa shape index (κ1) is 16.4. The van der Waals surface area contributed by atoms with Gasteiger partial charge in [-0.2, -0.15) is 0 Å². The van der Waals surface area contributed by atoms with Crippen LogP contribution in [0, 0.1) is 0 Å². The SMILES string of the molecule is O=C1NC(=O)/C(=C\c2ccc3occ(/C=C/C(=O)N4CC=CC4)c3c2)S1. The predicted molar refractivity (Wildman–Crippen MR) is 100 cm³/mol. The number of carbonyl (C=O) groups excluding carboxylic acids is 3. The molecule has 2 aromatic rings. The summed E-state index contributed by atoms with van der Waals surface area (Å²) >= 11 is 0.876. The Bertz CT molecular complexity index is 1010. The van der Waals surface area contributed by atoms with Crippen LogP contribution in [-0.2, 0) is 9.59 Å². The maximum Gasteiger partial charge on any atom is 0.290 e. The van der Waals surface area contributed by atoms with Crippen LogP contribution in [-0.4, -0.2) is 35.0 Å². The van der Waals surface area contributed by atoms with Gasteiger partial charge in [0.25, 0.3) is 11.1 Å². The molecule has 1 aromatic heterocycles. The Morgan fingerprint density at radius 1 is 1.23 bits per heavy atom. The van der Waals surface area contributed by atoms with Gasteiger partial charge in [-0.15, -0.1) is 0 Å². The number of nitrogens with one attached hydrogen (secondary N) is 1. The molecule has 130 valence electrons. The lowest BCUT2D eigenvalue weighted by atomic mass is 10.1. The van der Waals surface area contributed by atoms with Crippen molar-refractivity contribution in [1.29, 1.82) is 0 Å². The van der Waals surface area contributed by atoms with Crippen LogP contribution in [0.4, 0.5) is 4.79 Å². The van der Waals surface area contributed by atoms with Crippen molar-refractivity contribution in [2.75, 3.05) is 13.1 Å². The van der Waals surface area contributed by atoms with Crippen molar-refractivity contribution in [3.63, 3.8) is 0 Å². The molecule has 0 atom stereocenters. The van der Waals surface area contributed by atoms with Crippen molar-refractivity contribution in [1.82, 2.24) is 10.2 Å². The standard InChI is InChI=1S/C19H14N2O4S/c22-17(21-7-1-2-8-21)6-4-13-11-25-15-5-3-12(9-14(13)15)10-16-18(23)20-19(24)26-16/h1-6,9-11H,7-8H2,(H,20,23,24)/b6-4+,16-10+. The van der Waals surface area contributed by atoms with E-state index in [-0.39, 0.29) is 11.1 Å². The van der Waals surface area contributed by atoms with Crippen LogP contribution in [0.1, 0.15) is 11.1 Å². The predicted octanol–water partition coefficient (Wildman–Crippen LogP) is 3.17. The molecule has 7 heteroatoms. The van der Waals surface area contributed by atoms with Crippen LogP contribution in [0.2, 0.25) is 0 Å². The number of imide groups is 1. The van der Waals surface area contributed by atoms with Gasteiger partial charge in [-0.3, -0.25) is 19.7 Å². The fourth-order valence-corrected chi connectivity index (χ4v) is 3.46. The molecule has 1 saturated heterocycles. The van der Waals surface area contributed by atoms with E-state index in [4.69, 9.17) is 4.42 Å². The molecular weight excluding hydrogens is 352 g/mol. The topological polar surface area (TPSA) is 79.6 Å². The molecule has 0 unspecified atom stereocenters. The monoisotopic (exact) mass is 366 g/mol. The molecule has 1 N–H and O–H groups in total. The first-order valence-electron chi connectivity index (χ1n) is 7.98. The van der Waals surface area contributed by atoms with Crippen molar-refractivity contribution >= 4 is 51.9 Å². The van der Waals surface area contributed by atoms with E-state index >= 15 is 0 Å². The molecule has 1 fully saturated rings. The third-order valence-corrected chi connectivity index (χ3v) is 4.91. The first-order chi connectivity index (χ1) is 12.6. The van der Waals surface area contributed by atoms with E-state index in [0.29, 0.717) is 23.6 Å². The highest BCUT2D eigenvalue weighted by atomic mass is 32.2. The summed E-state index contributed by atoms with van der Waals surface area (Å²) in [5.41, 5.74) is 2.23. The minimum Gasteiger partial charge on any atom is -0.464 e. The van der Waals surface area contributed by atoms with Crippen molar-refractivity contribution in [2.24, 2.45) is 0 Å². The summed E-state index contributed by atoms with van der Waals surface area (Å²) in [6.45, 7) is 1.26. The highest BCUT2D eigenvalue weighted by Crippen LogP contribution is 2.28. The van der Waals surface area contributed by atoms with E-state index in [1.807, 2.05) is 24.3 Å². The number of nitrogens with zero attached hydrogens (tertiary/aromatic N) is 1. The summed E-state index contributed by atoms with van der Waals surface area (Å²) in [7, 11) is 0. The maximum atomic E-state index is 12.1. The molecule has 2 aliphatic rings. The summed E-state index contributed by atoms with van der Waals surface area (Å²) in [5.74, 6) is -0.447. The number of benzene rings is 1. The second-order valence-electron chi connectivity index (χ2n) is 5.85. The van der Waals surface area contributed by atoms with Crippen molar-refractivity contribution in [2.45, 2.75) is 0 Å². The number of carbonyl (C=O) groups is 3. The summed E-state index contributed by atoms with van der Waals surface area (Å²) in [5, 5.41) is 2.69. The Morgan fingerprint density at radius 3 is 2.77 bits per heavy atom. The summed E-state index contributed by atoms with van der Waals surface area (Å²) in [4.78, 5) is 37.1. The van der Waals surface area contributed by atoms with Gasteiger partial charge in [0.15, 0.2) is 0 Å². The molecule has 6 nitrogen and oxygen atoms in total. The van der Waals surface area contributed by atoms with Crippen LogP contribution in [0.15, 0.2) is 52.0 Å². The molecule has 26 heavy (non-hydrogen) atoms. The summed E-state index contributed by atoms with van der Waals surface area (Å²) in [6.07, 6.45) is 10.4. The number of thioether (sulfide) groups is 1. The van der Waals surface area contributed by atoms with Gasteiger partial charge in [-0.1, -0.05) is 18.2 Å². The molecule has 3 heterocycles. The number of furan rings is 1. The zero-order valence-electron chi connectivity index (χ0n) is 13.6. The average Bonchev–Trinajstić information content (AvgIpc) is 3.34. The number of rotatable bonds is 3. The molecule has 0 bridgehead atoms. The van der Waals surface area contributed by atoms with Crippen molar-refractivity contribution in [3.8, 4) is 0 Å². The Kier molecular flexibility index (Phi) is 4.22. The lowest BCUT2D eigenvalue weighted by Crippen LogP contribution is -2.26. The van der Waals surface area contributed by atoms with Gasteiger partial charge < -0.3 is 9.32 Å². The first-order valence-corrected chi connectivity index (χ1v) is 8.80.